The summed E-state index contributed by atoms with van der Waals surface area (Å²) in [7, 11) is 0. The van der Waals surface area contributed by atoms with Gasteiger partial charge in [0, 0.05) is 6.04 Å². The zero-order chi connectivity index (χ0) is 14.1. The predicted molar refractivity (Wildman–Crippen MR) is 71.0 cm³/mol. The highest BCUT2D eigenvalue weighted by Gasteiger charge is 2.25. The lowest BCUT2D eigenvalue weighted by molar-refractivity contribution is -0.150. The largest absolute Gasteiger partial charge is 0.465 e. The van der Waals surface area contributed by atoms with E-state index in [1.54, 1.807) is 6.92 Å². The molecule has 1 amide bonds. The second-order valence-electron chi connectivity index (χ2n) is 4.61. The maximum atomic E-state index is 12.1. The van der Waals surface area contributed by atoms with E-state index in [0.717, 1.165) is 12.8 Å². The van der Waals surface area contributed by atoms with E-state index >= 15 is 0 Å². The van der Waals surface area contributed by atoms with Gasteiger partial charge in [0.15, 0.2) is 0 Å². The molecule has 0 heterocycles. The van der Waals surface area contributed by atoms with Crippen molar-refractivity contribution < 1.29 is 14.3 Å². The van der Waals surface area contributed by atoms with Crippen molar-refractivity contribution >= 4 is 11.9 Å². The summed E-state index contributed by atoms with van der Waals surface area (Å²) in [5.41, 5.74) is 5.85. The molecule has 18 heavy (non-hydrogen) atoms. The highest BCUT2D eigenvalue weighted by Crippen LogP contribution is 2.06. The molecule has 2 N–H and O–H groups in total. The molecule has 1 atom stereocenters. The van der Waals surface area contributed by atoms with Gasteiger partial charge in [-0.05, 0) is 27.2 Å². The van der Waals surface area contributed by atoms with Crippen LogP contribution in [0.5, 0.6) is 0 Å². The molecule has 0 saturated carbocycles. The van der Waals surface area contributed by atoms with E-state index in [1.165, 1.54) is 4.90 Å². The van der Waals surface area contributed by atoms with Gasteiger partial charge < -0.3 is 15.4 Å². The Kier molecular flexibility index (Phi) is 8.37. The van der Waals surface area contributed by atoms with Crippen molar-refractivity contribution in [1.82, 2.24) is 4.90 Å². The van der Waals surface area contributed by atoms with Crippen molar-refractivity contribution in [3.05, 3.63) is 0 Å². The molecule has 0 saturated heterocycles. The first kappa shape index (κ1) is 16.9. The van der Waals surface area contributed by atoms with Crippen LogP contribution in [-0.4, -0.2) is 42.0 Å². The summed E-state index contributed by atoms with van der Waals surface area (Å²) in [5, 5.41) is 0. The maximum absolute atomic E-state index is 12.1. The number of nitrogens with zero attached hydrogens (tertiary/aromatic N) is 1. The molecule has 0 aromatic heterocycles. The third-order valence-electron chi connectivity index (χ3n) is 2.70. The number of hydrogen-bond donors (Lipinski definition) is 1. The van der Waals surface area contributed by atoms with Crippen LogP contribution in [-0.2, 0) is 14.3 Å². The van der Waals surface area contributed by atoms with Crippen molar-refractivity contribution in [2.24, 2.45) is 5.73 Å². The Hall–Kier alpha value is -1.10. The number of hydrogen-bond acceptors (Lipinski definition) is 4. The number of rotatable bonds is 8. The zero-order valence-electron chi connectivity index (χ0n) is 11.9. The van der Waals surface area contributed by atoms with Gasteiger partial charge in [-0.1, -0.05) is 19.8 Å². The van der Waals surface area contributed by atoms with Crippen LogP contribution in [0.15, 0.2) is 0 Å². The number of amides is 1. The van der Waals surface area contributed by atoms with Crippen LogP contribution >= 0.6 is 0 Å². The van der Waals surface area contributed by atoms with E-state index in [4.69, 9.17) is 10.5 Å². The molecule has 0 aromatic rings. The Morgan fingerprint density at radius 1 is 1.28 bits per heavy atom. The molecule has 0 aliphatic rings. The summed E-state index contributed by atoms with van der Waals surface area (Å²) >= 11 is 0. The van der Waals surface area contributed by atoms with Gasteiger partial charge in [0.25, 0.3) is 0 Å². The lowest BCUT2D eigenvalue weighted by Gasteiger charge is -2.28. The summed E-state index contributed by atoms with van der Waals surface area (Å²) in [6.45, 7) is 7.82. The van der Waals surface area contributed by atoms with E-state index in [9.17, 15) is 9.59 Å². The van der Waals surface area contributed by atoms with Gasteiger partial charge in [-0.2, -0.15) is 0 Å². The molecule has 0 fully saturated rings. The van der Waals surface area contributed by atoms with Crippen molar-refractivity contribution in [1.29, 1.82) is 0 Å². The van der Waals surface area contributed by atoms with E-state index in [0.29, 0.717) is 13.0 Å². The number of nitrogens with two attached hydrogens (primary N) is 1. The predicted octanol–water partition coefficient (Wildman–Crippen LogP) is 1.30. The zero-order valence-corrected chi connectivity index (χ0v) is 11.9. The molecular formula is C13H26N2O3. The van der Waals surface area contributed by atoms with Gasteiger partial charge in [-0.15, -0.1) is 0 Å². The molecular weight excluding hydrogens is 232 g/mol. The summed E-state index contributed by atoms with van der Waals surface area (Å²) in [6, 6.07) is -0.587. The average molecular weight is 258 g/mol. The summed E-state index contributed by atoms with van der Waals surface area (Å²) in [6.07, 6.45) is 2.57. The Balaban J connectivity index is 4.48. The molecule has 1 unspecified atom stereocenters. The fourth-order valence-electron chi connectivity index (χ4n) is 1.62. The van der Waals surface area contributed by atoms with Crippen LogP contribution in [0.2, 0.25) is 0 Å². The third-order valence-corrected chi connectivity index (χ3v) is 2.70. The van der Waals surface area contributed by atoms with Gasteiger partial charge in [0.2, 0.25) is 5.91 Å². The standard InChI is InChI=1S/C13H26N2O3/c1-5-7-8-11(14)13(17)15(10(3)4)9-12(16)18-6-2/h10-11H,5-9,14H2,1-4H3. The Labute approximate surface area is 110 Å². The highest BCUT2D eigenvalue weighted by molar-refractivity contribution is 5.85. The topological polar surface area (TPSA) is 72.6 Å². The van der Waals surface area contributed by atoms with E-state index in [2.05, 4.69) is 6.92 Å². The van der Waals surface area contributed by atoms with E-state index < -0.39 is 6.04 Å². The first-order chi connectivity index (χ1) is 8.43. The van der Waals surface area contributed by atoms with E-state index in [-0.39, 0.29) is 24.5 Å². The molecule has 0 aliphatic heterocycles. The van der Waals surface area contributed by atoms with Gasteiger partial charge in [0.1, 0.15) is 6.54 Å². The van der Waals surface area contributed by atoms with Crippen molar-refractivity contribution in [2.75, 3.05) is 13.2 Å². The number of unbranched alkanes of at least 4 members (excludes halogenated alkanes) is 1. The van der Waals surface area contributed by atoms with Crippen LogP contribution in [0.25, 0.3) is 0 Å². The smallest absolute Gasteiger partial charge is 0.325 e. The number of carbonyl (C=O) groups excluding carboxylic acids is 2. The lowest BCUT2D eigenvalue weighted by Crippen LogP contribution is -2.49. The quantitative estimate of drug-likeness (QED) is 0.666. The first-order valence-electron chi connectivity index (χ1n) is 6.65. The fourth-order valence-corrected chi connectivity index (χ4v) is 1.62. The average Bonchev–Trinajstić information content (AvgIpc) is 2.32. The third kappa shape index (κ3) is 6.00. The number of esters is 1. The minimum Gasteiger partial charge on any atom is -0.465 e. The summed E-state index contributed by atoms with van der Waals surface area (Å²) < 4.78 is 4.86. The molecule has 0 rings (SSSR count). The SMILES string of the molecule is CCCCC(N)C(=O)N(CC(=O)OCC)C(C)C. The lowest BCUT2D eigenvalue weighted by atomic mass is 10.1. The van der Waals surface area contributed by atoms with Crippen molar-refractivity contribution in [2.45, 2.75) is 59.0 Å². The molecule has 0 bridgehead atoms. The molecule has 5 nitrogen and oxygen atoms in total. The van der Waals surface area contributed by atoms with Crippen LogP contribution in [0.3, 0.4) is 0 Å². The van der Waals surface area contributed by atoms with Gasteiger partial charge >= 0.3 is 5.97 Å². The molecule has 0 aromatic carbocycles. The Morgan fingerprint density at radius 3 is 2.33 bits per heavy atom. The van der Waals surface area contributed by atoms with Gasteiger partial charge in [-0.25, -0.2) is 0 Å². The molecule has 0 radical (unpaired) electrons. The second kappa shape index (κ2) is 8.91. The molecule has 5 heteroatoms. The minimum absolute atomic E-state index is 0.0236. The minimum atomic E-state index is -0.526. The Bertz CT molecular complexity index is 267. The monoisotopic (exact) mass is 258 g/mol. The van der Waals surface area contributed by atoms with Crippen molar-refractivity contribution in [3.63, 3.8) is 0 Å². The van der Waals surface area contributed by atoms with Gasteiger partial charge in [0.05, 0.1) is 12.6 Å². The van der Waals surface area contributed by atoms with Crippen LogP contribution in [0.1, 0.15) is 47.0 Å². The summed E-state index contributed by atoms with van der Waals surface area (Å²) in [4.78, 5) is 25.0. The maximum Gasteiger partial charge on any atom is 0.325 e. The molecule has 0 aliphatic carbocycles. The van der Waals surface area contributed by atoms with Crippen LogP contribution < -0.4 is 5.73 Å². The fraction of sp³-hybridized carbons (Fsp3) is 0.846. The van der Waals surface area contributed by atoms with Gasteiger partial charge in [-0.3, -0.25) is 9.59 Å². The first-order valence-corrected chi connectivity index (χ1v) is 6.65. The Morgan fingerprint density at radius 2 is 1.89 bits per heavy atom. The summed E-state index contributed by atoms with van der Waals surface area (Å²) in [5.74, 6) is -0.561. The van der Waals surface area contributed by atoms with Crippen LogP contribution in [0, 0.1) is 0 Å². The molecule has 106 valence electrons. The molecule has 0 spiro atoms. The van der Waals surface area contributed by atoms with Crippen LogP contribution in [0.4, 0.5) is 0 Å². The second-order valence-corrected chi connectivity index (χ2v) is 4.61. The van der Waals surface area contributed by atoms with E-state index in [1.807, 2.05) is 13.8 Å². The normalized spacial score (nSPS) is 12.3. The van der Waals surface area contributed by atoms with Crippen molar-refractivity contribution in [3.8, 4) is 0 Å². The number of ether oxygens (including phenoxy) is 1. The highest BCUT2D eigenvalue weighted by atomic mass is 16.5. The number of carbonyl (C=O) groups is 2.